The second kappa shape index (κ2) is 9.40. The highest BCUT2D eigenvalue weighted by molar-refractivity contribution is 7.89. The molecule has 4 aromatic rings. The van der Waals surface area contributed by atoms with Crippen molar-refractivity contribution in [1.29, 1.82) is 5.26 Å². The average Bonchev–Trinajstić information content (AvgIpc) is 3.60. The van der Waals surface area contributed by atoms with Crippen LogP contribution in [0.5, 0.6) is 0 Å². The second-order valence-electron chi connectivity index (χ2n) is 9.87. The van der Waals surface area contributed by atoms with Gasteiger partial charge in [0.2, 0.25) is 16.2 Å². The monoisotopic (exact) mass is 554 g/mol. The number of hydrogen-bond acceptors (Lipinski definition) is 9. The van der Waals surface area contributed by atoms with Crippen LogP contribution in [0.15, 0.2) is 42.1 Å². The molecule has 2 fully saturated rings. The van der Waals surface area contributed by atoms with Crippen LogP contribution in [-0.2, 0) is 15.6 Å². The fraction of sp³-hybridized carbons (Fsp3) is 0.417. The van der Waals surface area contributed by atoms with E-state index in [1.165, 1.54) is 34.5 Å². The van der Waals surface area contributed by atoms with Gasteiger partial charge < -0.3 is 0 Å². The number of piperidine rings is 1. The molecule has 0 amide bonds. The first-order chi connectivity index (χ1) is 18.7. The molecule has 2 aliphatic heterocycles. The molecule has 0 bridgehead atoms. The third kappa shape index (κ3) is 4.06. The summed E-state index contributed by atoms with van der Waals surface area (Å²) in [5.41, 5.74) is 0.637. The predicted molar refractivity (Wildman–Crippen MR) is 134 cm³/mol. The lowest BCUT2D eigenvalue weighted by Gasteiger charge is -2.54. The van der Waals surface area contributed by atoms with Gasteiger partial charge in [-0.15, -0.1) is 0 Å². The smallest absolute Gasteiger partial charge is 0.246 e. The number of nitrogens with one attached hydrogen (secondary N) is 1. The van der Waals surface area contributed by atoms with Crippen molar-refractivity contribution in [2.24, 2.45) is 0 Å². The van der Waals surface area contributed by atoms with Crippen LogP contribution in [0.4, 0.5) is 8.78 Å². The number of fused-ring (bicyclic) bond motifs is 1. The quantitative estimate of drug-likeness (QED) is 0.376. The average molecular weight is 555 g/mol. The number of hydrogen-bond donors (Lipinski definition) is 1. The maximum atomic E-state index is 15.1. The van der Waals surface area contributed by atoms with E-state index in [0.29, 0.717) is 35.1 Å². The minimum Gasteiger partial charge on any atom is -0.295 e. The zero-order valence-corrected chi connectivity index (χ0v) is 21.7. The zero-order valence-electron chi connectivity index (χ0n) is 20.9. The first kappa shape index (κ1) is 25.4. The van der Waals surface area contributed by atoms with Gasteiger partial charge in [0.05, 0.1) is 29.2 Å². The number of halogens is 2. The number of sulfonamides is 1. The van der Waals surface area contributed by atoms with Gasteiger partial charge in [0.1, 0.15) is 22.8 Å². The van der Waals surface area contributed by atoms with Gasteiger partial charge in [0, 0.05) is 50.2 Å². The predicted octanol–water partition coefficient (Wildman–Crippen LogP) is 1.78. The first-order valence-corrected chi connectivity index (χ1v) is 13.8. The van der Waals surface area contributed by atoms with Gasteiger partial charge >= 0.3 is 0 Å². The summed E-state index contributed by atoms with van der Waals surface area (Å²) in [5.74, 6) is -0.841. The minimum absolute atomic E-state index is 0.0121. The SMILES string of the molecule is Cc1nccc(S(=O)(=O)N2CCC(N3CC(C(F)C#N)(n4cc(-c5ncnc6[nH]ncc56)cn4)C3)CC2)c1F. The number of aryl methyl sites for hydroxylation is 1. The van der Waals surface area contributed by atoms with Crippen LogP contribution < -0.4 is 0 Å². The summed E-state index contributed by atoms with van der Waals surface area (Å²) in [6.07, 6.45) is 6.72. The maximum absolute atomic E-state index is 15.1. The van der Waals surface area contributed by atoms with Gasteiger partial charge in [0.25, 0.3) is 0 Å². The Morgan fingerprint density at radius 3 is 2.72 bits per heavy atom. The summed E-state index contributed by atoms with van der Waals surface area (Å²) in [6, 6.07) is 2.90. The van der Waals surface area contributed by atoms with Crippen LogP contribution in [0, 0.1) is 24.1 Å². The van der Waals surface area contributed by atoms with E-state index in [1.807, 2.05) is 4.90 Å². The van der Waals surface area contributed by atoms with Crippen LogP contribution >= 0.6 is 0 Å². The summed E-state index contributed by atoms with van der Waals surface area (Å²) >= 11 is 0. The standard InChI is InChI=1S/C24H24F2N10O2S/c1-15-21(26)19(2-5-28-15)39(37,38)35-6-3-17(4-7-35)34-12-24(13-34,20(25)8-27)36-11-16(9-32-36)22-18-10-31-33-23(18)30-14-29-22/h2,5,9-11,14,17,20H,3-4,6-7,12-13H2,1H3,(H,29,30,31,33). The number of nitrogens with zero attached hydrogens (tertiary/aromatic N) is 9. The second-order valence-corrected chi connectivity index (χ2v) is 11.8. The van der Waals surface area contributed by atoms with E-state index in [4.69, 9.17) is 0 Å². The third-order valence-corrected chi connectivity index (χ3v) is 9.60. The number of alkyl halides is 1. The van der Waals surface area contributed by atoms with Gasteiger partial charge in [-0.05, 0) is 25.8 Å². The number of aromatic nitrogens is 7. The van der Waals surface area contributed by atoms with Crippen molar-refractivity contribution in [2.45, 2.75) is 42.4 Å². The van der Waals surface area contributed by atoms with Gasteiger partial charge in [-0.2, -0.15) is 19.8 Å². The van der Waals surface area contributed by atoms with Gasteiger partial charge in [-0.3, -0.25) is 19.7 Å². The number of pyridine rings is 1. The van der Waals surface area contributed by atoms with E-state index < -0.39 is 27.6 Å². The van der Waals surface area contributed by atoms with Gasteiger partial charge in [0.15, 0.2) is 11.5 Å². The molecule has 12 nitrogen and oxygen atoms in total. The summed E-state index contributed by atoms with van der Waals surface area (Å²) < 4.78 is 58.5. The minimum atomic E-state index is -4.01. The van der Waals surface area contributed by atoms with Crippen molar-refractivity contribution >= 4 is 21.1 Å². The Morgan fingerprint density at radius 1 is 1.21 bits per heavy atom. The largest absolute Gasteiger partial charge is 0.295 e. The highest BCUT2D eigenvalue weighted by Gasteiger charge is 2.54. The normalized spacial score (nSPS) is 19.5. The highest BCUT2D eigenvalue weighted by Crippen LogP contribution is 2.39. The zero-order chi connectivity index (χ0) is 27.4. The molecule has 2 aliphatic rings. The molecule has 0 saturated carbocycles. The van der Waals surface area contributed by atoms with E-state index in [-0.39, 0.29) is 42.8 Å². The molecule has 6 rings (SSSR count). The van der Waals surface area contributed by atoms with E-state index in [9.17, 15) is 18.1 Å². The molecule has 15 heteroatoms. The van der Waals surface area contributed by atoms with Crippen LogP contribution in [0.2, 0.25) is 0 Å². The topological polar surface area (TPSA) is 150 Å². The fourth-order valence-electron chi connectivity index (χ4n) is 5.45. The Hall–Kier alpha value is -3.87. The van der Waals surface area contributed by atoms with E-state index in [0.717, 1.165) is 0 Å². The molecule has 4 aromatic heterocycles. The lowest BCUT2D eigenvalue weighted by atomic mass is 9.82. The number of nitriles is 1. The molecule has 6 heterocycles. The number of aromatic amines is 1. The molecule has 1 unspecified atom stereocenters. The first-order valence-electron chi connectivity index (χ1n) is 12.3. The number of rotatable bonds is 6. The van der Waals surface area contributed by atoms with Crippen molar-refractivity contribution in [3.05, 3.63) is 48.7 Å². The molecular formula is C24H24F2N10O2S. The van der Waals surface area contributed by atoms with Crippen LogP contribution in [-0.4, -0.2) is 90.9 Å². The molecular weight excluding hydrogens is 530 g/mol. The molecule has 0 spiro atoms. The van der Waals surface area contributed by atoms with E-state index >= 15 is 4.39 Å². The van der Waals surface area contributed by atoms with Crippen LogP contribution in [0.3, 0.4) is 0 Å². The molecule has 0 aliphatic carbocycles. The lowest BCUT2D eigenvalue weighted by molar-refractivity contribution is -0.0703. The molecule has 1 atom stereocenters. The van der Waals surface area contributed by atoms with Crippen molar-refractivity contribution < 1.29 is 17.2 Å². The number of H-pyrrole nitrogens is 1. The molecule has 202 valence electrons. The van der Waals surface area contributed by atoms with Crippen LogP contribution in [0.1, 0.15) is 18.5 Å². The summed E-state index contributed by atoms with van der Waals surface area (Å²) in [7, 11) is -4.01. The van der Waals surface area contributed by atoms with Gasteiger partial charge in [-0.25, -0.2) is 27.2 Å². The molecule has 1 N–H and O–H groups in total. The lowest BCUT2D eigenvalue weighted by Crippen LogP contribution is -2.70. The van der Waals surface area contributed by atoms with Crippen molar-refractivity contribution in [3.8, 4) is 17.3 Å². The third-order valence-electron chi connectivity index (χ3n) is 7.68. The van der Waals surface area contributed by atoms with E-state index in [1.54, 1.807) is 24.7 Å². The Balaban J connectivity index is 1.17. The van der Waals surface area contributed by atoms with Gasteiger partial charge in [-0.1, -0.05) is 0 Å². The summed E-state index contributed by atoms with van der Waals surface area (Å²) in [4.78, 5) is 13.9. The van der Waals surface area contributed by atoms with Crippen molar-refractivity contribution in [2.75, 3.05) is 26.2 Å². The molecule has 39 heavy (non-hydrogen) atoms. The Bertz CT molecular complexity index is 1680. The highest BCUT2D eigenvalue weighted by atomic mass is 32.2. The number of likely N-dealkylation sites (tertiary alicyclic amines) is 1. The Morgan fingerprint density at radius 2 is 1.97 bits per heavy atom. The molecule has 0 radical (unpaired) electrons. The van der Waals surface area contributed by atoms with Crippen LogP contribution in [0.25, 0.3) is 22.3 Å². The summed E-state index contributed by atoms with van der Waals surface area (Å²) in [6.45, 7) is 2.31. The van der Waals surface area contributed by atoms with Crippen molar-refractivity contribution in [1.82, 2.24) is 44.1 Å². The van der Waals surface area contributed by atoms with E-state index in [2.05, 4.69) is 30.2 Å². The Kier molecular flexibility index (Phi) is 6.12. The molecule has 0 aromatic carbocycles. The van der Waals surface area contributed by atoms with Crippen molar-refractivity contribution in [3.63, 3.8) is 0 Å². The maximum Gasteiger partial charge on any atom is 0.246 e. The molecule has 2 saturated heterocycles. The Labute approximate surface area is 222 Å². The summed E-state index contributed by atoms with van der Waals surface area (Å²) in [5, 5.41) is 21.4. The fourth-order valence-corrected chi connectivity index (χ4v) is 7.03.